The minimum Gasteiger partial charge on any atom is -0.505 e. The maximum atomic E-state index is 12.3. The molecule has 0 radical (unpaired) electrons. The van der Waals surface area contributed by atoms with Crippen molar-refractivity contribution >= 4 is 11.6 Å². The Bertz CT molecular complexity index is 320. The molecule has 1 aromatic rings. The largest absolute Gasteiger partial charge is 0.505 e. The molecule has 1 N–H and O–H groups in total. The number of ether oxygens (including phenoxy) is 1. The van der Waals surface area contributed by atoms with Gasteiger partial charge in [0.1, 0.15) is 5.56 Å². The van der Waals surface area contributed by atoms with Crippen LogP contribution in [0.5, 0.6) is 11.6 Å². The van der Waals surface area contributed by atoms with Crippen molar-refractivity contribution in [2.45, 2.75) is 6.43 Å². The molecule has 0 aliphatic carbocycles. The Balaban J connectivity index is 3.32. The van der Waals surface area contributed by atoms with Gasteiger partial charge in [0.2, 0.25) is 5.88 Å². The molecule has 0 aliphatic rings. The lowest BCUT2D eigenvalue weighted by atomic mass is 10.2. The van der Waals surface area contributed by atoms with E-state index in [0.29, 0.717) is 0 Å². The van der Waals surface area contributed by atoms with E-state index in [9.17, 15) is 8.78 Å². The highest BCUT2D eigenvalue weighted by molar-refractivity contribution is 6.32. The van der Waals surface area contributed by atoms with Crippen LogP contribution in [0.25, 0.3) is 0 Å². The SMILES string of the molecule is COc1ncc(O)c(Cl)c1C(F)F. The van der Waals surface area contributed by atoms with E-state index in [0.717, 1.165) is 6.20 Å². The number of methoxy groups -OCH3 is 1. The van der Waals surface area contributed by atoms with Gasteiger partial charge in [0.05, 0.1) is 18.3 Å². The van der Waals surface area contributed by atoms with Crippen molar-refractivity contribution < 1.29 is 18.6 Å². The van der Waals surface area contributed by atoms with Crippen LogP contribution in [0.15, 0.2) is 6.20 Å². The number of aromatic nitrogens is 1. The lowest BCUT2D eigenvalue weighted by Gasteiger charge is -2.08. The predicted molar refractivity (Wildman–Crippen MR) is 42.4 cm³/mol. The molecule has 0 aliphatic heterocycles. The highest BCUT2D eigenvalue weighted by Crippen LogP contribution is 2.38. The third-order valence-electron chi connectivity index (χ3n) is 1.41. The molecule has 1 aromatic heterocycles. The van der Waals surface area contributed by atoms with Crippen molar-refractivity contribution in [3.05, 3.63) is 16.8 Å². The van der Waals surface area contributed by atoms with Crippen LogP contribution in [-0.2, 0) is 0 Å². The van der Waals surface area contributed by atoms with Crippen LogP contribution in [-0.4, -0.2) is 17.2 Å². The van der Waals surface area contributed by atoms with Gasteiger partial charge in [0.25, 0.3) is 6.43 Å². The normalized spacial score (nSPS) is 10.5. The van der Waals surface area contributed by atoms with Gasteiger partial charge in [-0.15, -0.1) is 0 Å². The second-order valence-corrected chi connectivity index (χ2v) is 2.56. The highest BCUT2D eigenvalue weighted by atomic mass is 35.5. The fourth-order valence-corrected chi connectivity index (χ4v) is 1.04. The predicted octanol–water partition coefficient (Wildman–Crippen LogP) is 2.39. The van der Waals surface area contributed by atoms with Crippen molar-refractivity contribution in [3.63, 3.8) is 0 Å². The van der Waals surface area contributed by atoms with Crippen LogP contribution in [0.1, 0.15) is 12.0 Å². The summed E-state index contributed by atoms with van der Waals surface area (Å²) < 4.78 is 29.2. The number of nitrogens with zero attached hydrogens (tertiary/aromatic N) is 1. The molecule has 13 heavy (non-hydrogen) atoms. The van der Waals surface area contributed by atoms with E-state index >= 15 is 0 Å². The average molecular weight is 210 g/mol. The third-order valence-corrected chi connectivity index (χ3v) is 1.80. The first-order valence-corrected chi connectivity index (χ1v) is 3.65. The number of rotatable bonds is 2. The summed E-state index contributed by atoms with van der Waals surface area (Å²) in [6.07, 6.45) is -1.88. The third kappa shape index (κ3) is 1.80. The molecule has 0 amide bonds. The van der Waals surface area contributed by atoms with Gasteiger partial charge >= 0.3 is 0 Å². The van der Waals surface area contributed by atoms with Crippen LogP contribution in [0.3, 0.4) is 0 Å². The van der Waals surface area contributed by atoms with Crippen molar-refractivity contribution in [1.82, 2.24) is 4.98 Å². The first kappa shape index (κ1) is 9.98. The van der Waals surface area contributed by atoms with Crippen LogP contribution in [0.4, 0.5) is 8.78 Å². The fraction of sp³-hybridized carbons (Fsp3) is 0.286. The second-order valence-electron chi connectivity index (χ2n) is 2.18. The minimum atomic E-state index is -2.83. The summed E-state index contributed by atoms with van der Waals surface area (Å²) in [6, 6.07) is 0. The van der Waals surface area contributed by atoms with Crippen molar-refractivity contribution in [1.29, 1.82) is 0 Å². The summed E-state index contributed by atoms with van der Waals surface area (Å²) in [5, 5.41) is 8.56. The number of pyridine rings is 1. The summed E-state index contributed by atoms with van der Waals surface area (Å²) in [4.78, 5) is 3.44. The molecule has 1 rings (SSSR count). The molecule has 6 heteroatoms. The Morgan fingerprint density at radius 3 is 2.69 bits per heavy atom. The van der Waals surface area contributed by atoms with Crippen LogP contribution in [0, 0.1) is 0 Å². The van der Waals surface area contributed by atoms with Gasteiger partial charge < -0.3 is 9.84 Å². The Kier molecular flexibility index (Phi) is 2.87. The Labute approximate surface area is 77.9 Å². The van der Waals surface area contributed by atoms with Gasteiger partial charge in [-0.3, -0.25) is 0 Å². The summed E-state index contributed by atoms with van der Waals surface area (Å²) in [7, 11) is 1.20. The molecule has 1 heterocycles. The molecule has 3 nitrogen and oxygen atoms in total. The standard InChI is InChI=1S/C7H6ClF2NO2/c1-13-7-4(6(9)10)5(8)3(12)2-11-7/h2,6,12H,1H3. The zero-order chi connectivity index (χ0) is 10.0. The van der Waals surface area contributed by atoms with E-state index in [4.69, 9.17) is 16.7 Å². The van der Waals surface area contributed by atoms with E-state index in [-0.39, 0.29) is 5.88 Å². The minimum absolute atomic E-state index is 0.280. The number of hydrogen-bond donors (Lipinski definition) is 1. The molecule has 0 fully saturated rings. The zero-order valence-corrected chi connectivity index (χ0v) is 7.35. The van der Waals surface area contributed by atoms with E-state index in [2.05, 4.69) is 9.72 Å². The molecule has 0 unspecified atom stereocenters. The smallest absolute Gasteiger partial charge is 0.270 e. The topological polar surface area (TPSA) is 42.4 Å². The first-order chi connectivity index (χ1) is 6.07. The molecule has 0 spiro atoms. The van der Waals surface area contributed by atoms with Gasteiger partial charge in [-0.1, -0.05) is 11.6 Å². The van der Waals surface area contributed by atoms with Gasteiger partial charge in [0.15, 0.2) is 5.75 Å². The molecule has 0 saturated heterocycles. The molecule has 0 aromatic carbocycles. The summed E-state index contributed by atoms with van der Waals surface area (Å²) in [5.74, 6) is -0.768. The second kappa shape index (κ2) is 3.74. The molecule has 0 bridgehead atoms. The highest BCUT2D eigenvalue weighted by Gasteiger charge is 2.21. The van der Waals surface area contributed by atoms with Gasteiger partial charge in [-0.05, 0) is 0 Å². The number of aromatic hydroxyl groups is 1. The van der Waals surface area contributed by atoms with E-state index in [1.807, 2.05) is 0 Å². The molecule has 0 atom stereocenters. The fourth-order valence-electron chi connectivity index (χ4n) is 0.830. The van der Waals surface area contributed by atoms with E-state index in [1.165, 1.54) is 7.11 Å². The zero-order valence-electron chi connectivity index (χ0n) is 6.59. The van der Waals surface area contributed by atoms with Crippen molar-refractivity contribution in [2.24, 2.45) is 0 Å². The van der Waals surface area contributed by atoms with Crippen LogP contribution < -0.4 is 4.74 Å². The maximum absolute atomic E-state index is 12.3. The summed E-state index contributed by atoms with van der Waals surface area (Å²) >= 11 is 5.42. The van der Waals surface area contributed by atoms with Gasteiger partial charge in [-0.2, -0.15) is 0 Å². The van der Waals surface area contributed by atoms with E-state index in [1.54, 1.807) is 0 Å². The lowest BCUT2D eigenvalue weighted by molar-refractivity contribution is 0.145. The number of hydrogen-bond acceptors (Lipinski definition) is 3. The van der Waals surface area contributed by atoms with E-state index < -0.39 is 22.8 Å². The van der Waals surface area contributed by atoms with Crippen LogP contribution >= 0.6 is 11.6 Å². The molecular formula is C7H6ClF2NO2. The van der Waals surface area contributed by atoms with Crippen molar-refractivity contribution in [3.8, 4) is 11.6 Å². The molecule has 72 valence electrons. The van der Waals surface area contributed by atoms with Crippen molar-refractivity contribution in [2.75, 3.05) is 7.11 Å². The lowest BCUT2D eigenvalue weighted by Crippen LogP contribution is -1.96. The Morgan fingerprint density at radius 2 is 2.23 bits per heavy atom. The number of halogens is 3. The Hall–Kier alpha value is -1.10. The van der Waals surface area contributed by atoms with Gasteiger partial charge in [-0.25, -0.2) is 13.8 Å². The molecular weight excluding hydrogens is 204 g/mol. The van der Waals surface area contributed by atoms with Crippen LogP contribution in [0.2, 0.25) is 5.02 Å². The monoisotopic (exact) mass is 209 g/mol. The average Bonchev–Trinajstić information content (AvgIpc) is 2.08. The Morgan fingerprint density at radius 1 is 1.62 bits per heavy atom. The first-order valence-electron chi connectivity index (χ1n) is 3.27. The number of alkyl halides is 2. The summed E-state index contributed by atoms with van der Waals surface area (Å²) in [6.45, 7) is 0. The maximum Gasteiger partial charge on any atom is 0.270 e. The summed E-state index contributed by atoms with van der Waals surface area (Å²) in [5.41, 5.74) is -0.593. The quantitative estimate of drug-likeness (QED) is 0.813. The molecule has 0 saturated carbocycles. The van der Waals surface area contributed by atoms with Gasteiger partial charge in [0, 0.05) is 0 Å².